The van der Waals surface area contributed by atoms with Gasteiger partial charge in [-0.15, -0.1) is 5.10 Å². The average Bonchev–Trinajstić information content (AvgIpc) is 2.83. The number of nitrogens with one attached hydrogen (secondary N) is 2. The van der Waals surface area contributed by atoms with Crippen LogP contribution in [-0.2, 0) is 0 Å². The number of hydrogen-bond acceptors (Lipinski definition) is 3. The van der Waals surface area contributed by atoms with Gasteiger partial charge in [0.1, 0.15) is 0 Å². The van der Waals surface area contributed by atoms with Crippen LogP contribution in [0.2, 0.25) is 0 Å². The summed E-state index contributed by atoms with van der Waals surface area (Å²) >= 11 is 0. The third-order valence-electron chi connectivity index (χ3n) is 4.10. The van der Waals surface area contributed by atoms with Crippen LogP contribution in [0.5, 0.6) is 0 Å². The maximum absolute atomic E-state index is 4.23. The number of nitrogens with zero attached hydrogens (tertiary/aromatic N) is 2. The van der Waals surface area contributed by atoms with Crippen molar-refractivity contribution in [2.24, 2.45) is 5.92 Å². The molecule has 2 aromatic heterocycles. The lowest BCUT2D eigenvalue weighted by Gasteiger charge is -2.30. The van der Waals surface area contributed by atoms with Crippen LogP contribution < -0.4 is 5.32 Å². The first kappa shape index (κ1) is 11.5. The summed E-state index contributed by atoms with van der Waals surface area (Å²) in [4.78, 5) is 3.12. The number of aryl methyl sites for hydroxylation is 1. The molecule has 0 saturated heterocycles. The smallest absolute Gasteiger partial charge is 0.162 e. The van der Waals surface area contributed by atoms with Gasteiger partial charge in [0.15, 0.2) is 5.65 Å². The van der Waals surface area contributed by atoms with E-state index in [0.29, 0.717) is 6.04 Å². The maximum Gasteiger partial charge on any atom is 0.162 e. The summed E-state index contributed by atoms with van der Waals surface area (Å²) in [5.74, 6) is 0.736. The molecule has 4 nitrogen and oxygen atoms in total. The van der Waals surface area contributed by atoms with Crippen molar-refractivity contribution in [3.05, 3.63) is 18.0 Å². The van der Waals surface area contributed by atoms with Gasteiger partial charge in [-0.3, -0.25) is 0 Å². The first-order valence-corrected chi connectivity index (χ1v) is 6.82. The number of aromatic nitrogens is 3. The fourth-order valence-electron chi connectivity index (χ4n) is 2.91. The summed E-state index contributed by atoms with van der Waals surface area (Å²) < 4.78 is 0. The lowest BCUT2D eigenvalue weighted by Crippen LogP contribution is -2.30. The fraction of sp³-hybridized carbons (Fsp3) is 0.571. The topological polar surface area (TPSA) is 53.6 Å². The first-order chi connectivity index (χ1) is 8.75. The number of rotatable bonds is 2. The summed E-state index contributed by atoms with van der Waals surface area (Å²) in [5.41, 5.74) is 3.01. The number of fused-ring (bicyclic) bond motifs is 1. The van der Waals surface area contributed by atoms with Crippen molar-refractivity contribution in [3.63, 3.8) is 0 Å². The zero-order valence-electron chi connectivity index (χ0n) is 11.0. The second-order valence-electron chi connectivity index (χ2n) is 5.41. The van der Waals surface area contributed by atoms with Crippen LogP contribution in [-0.4, -0.2) is 21.2 Å². The van der Waals surface area contributed by atoms with Gasteiger partial charge in [-0.2, -0.15) is 5.10 Å². The summed E-state index contributed by atoms with van der Waals surface area (Å²) in [5, 5.41) is 13.3. The molecule has 4 heteroatoms. The fourth-order valence-corrected chi connectivity index (χ4v) is 2.91. The van der Waals surface area contributed by atoms with Gasteiger partial charge in [-0.25, -0.2) is 0 Å². The highest BCUT2D eigenvalue weighted by molar-refractivity contribution is 5.90. The zero-order valence-corrected chi connectivity index (χ0v) is 11.0. The maximum atomic E-state index is 4.23. The van der Waals surface area contributed by atoms with E-state index in [1.165, 1.54) is 25.7 Å². The van der Waals surface area contributed by atoms with Gasteiger partial charge in [-0.05, 0) is 31.7 Å². The van der Waals surface area contributed by atoms with E-state index in [1.807, 2.05) is 13.1 Å². The average molecular weight is 244 g/mol. The van der Waals surface area contributed by atoms with Crippen molar-refractivity contribution in [1.29, 1.82) is 0 Å². The standard InChI is InChI=1S/C14H20N4/c1-9-5-3-4-6-12(9)16-13-10(2)17-18-14-11(13)7-8-15-14/h7-9,12H,3-6H2,1-2H3,(H2,15,16,18). The van der Waals surface area contributed by atoms with Gasteiger partial charge in [0.05, 0.1) is 11.4 Å². The molecule has 0 amide bonds. The molecule has 3 rings (SSSR count). The first-order valence-electron chi connectivity index (χ1n) is 6.82. The van der Waals surface area contributed by atoms with E-state index in [1.54, 1.807) is 0 Å². The Balaban J connectivity index is 1.93. The molecule has 1 fully saturated rings. The molecule has 0 spiro atoms. The molecule has 2 N–H and O–H groups in total. The van der Waals surface area contributed by atoms with Crippen molar-refractivity contribution in [2.45, 2.75) is 45.6 Å². The number of hydrogen-bond donors (Lipinski definition) is 2. The van der Waals surface area contributed by atoms with E-state index >= 15 is 0 Å². The molecule has 0 bridgehead atoms. The normalized spacial score (nSPS) is 24.3. The predicted molar refractivity (Wildman–Crippen MR) is 73.7 cm³/mol. The molecule has 0 radical (unpaired) electrons. The van der Waals surface area contributed by atoms with Gasteiger partial charge in [0.25, 0.3) is 0 Å². The largest absolute Gasteiger partial charge is 0.380 e. The molecule has 96 valence electrons. The minimum Gasteiger partial charge on any atom is -0.380 e. The van der Waals surface area contributed by atoms with E-state index < -0.39 is 0 Å². The third-order valence-corrected chi connectivity index (χ3v) is 4.10. The Morgan fingerprint density at radius 3 is 2.94 bits per heavy atom. The minimum atomic E-state index is 0.569. The molecular formula is C14H20N4. The molecular weight excluding hydrogens is 224 g/mol. The van der Waals surface area contributed by atoms with Crippen LogP contribution in [0.4, 0.5) is 5.69 Å². The monoisotopic (exact) mass is 244 g/mol. The van der Waals surface area contributed by atoms with Crippen molar-refractivity contribution in [2.75, 3.05) is 5.32 Å². The number of aromatic amines is 1. The summed E-state index contributed by atoms with van der Waals surface area (Å²) in [7, 11) is 0. The Morgan fingerprint density at radius 1 is 1.28 bits per heavy atom. The Kier molecular flexibility index (Phi) is 2.94. The highest BCUT2D eigenvalue weighted by atomic mass is 15.1. The van der Waals surface area contributed by atoms with Crippen LogP contribution in [0.15, 0.2) is 12.3 Å². The van der Waals surface area contributed by atoms with Gasteiger partial charge in [0, 0.05) is 17.6 Å². The second kappa shape index (κ2) is 4.59. The van der Waals surface area contributed by atoms with Crippen LogP contribution in [0.1, 0.15) is 38.3 Å². The molecule has 0 aliphatic heterocycles. The Labute approximate surface area is 107 Å². The molecule has 2 aromatic rings. The van der Waals surface area contributed by atoms with E-state index in [4.69, 9.17) is 0 Å². The number of H-pyrrole nitrogens is 1. The van der Waals surface area contributed by atoms with Gasteiger partial charge < -0.3 is 10.3 Å². The number of anilines is 1. The summed E-state index contributed by atoms with van der Waals surface area (Å²) in [6.45, 7) is 4.37. The van der Waals surface area contributed by atoms with Crippen LogP contribution in [0, 0.1) is 12.8 Å². The van der Waals surface area contributed by atoms with E-state index in [0.717, 1.165) is 28.3 Å². The molecule has 2 unspecified atom stereocenters. The Hall–Kier alpha value is -1.58. The van der Waals surface area contributed by atoms with Crippen LogP contribution in [0.3, 0.4) is 0 Å². The lowest BCUT2D eigenvalue weighted by molar-refractivity contribution is 0.349. The Bertz CT molecular complexity index is 546. The zero-order chi connectivity index (χ0) is 12.5. The van der Waals surface area contributed by atoms with Gasteiger partial charge in [-0.1, -0.05) is 19.8 Å². The lowest BCUT2D eigenvalue weighted by atomic mass is 9.85. The summed E-state index contributed by atoms with van der Waals surface area (Å²) in [6, 6.07) is 2.65. The van der Waals surface area contributed by atoms with Crippen molar-refractivity contribution in [3.8, 4) is 0 Å². The van der Waals surface area contributed by atoms with E-state index in [2.05, 4.69) is 33.5 Å². The third kappa shape index (κ3) is 1.96. The minimum absolute atomic E-state index is 0.569. The van der Waals surface area contributed by atoms with Gasteiger partial charge in [0.2, 0.25) is 0 Å². The SMILES string of the molecule is Cc1nnc2[nH]ccc2c1NC1CCCCC1C. The highest BCUT2D eigenvalue weighted by Crippen LogP contribution is 2.30. The molecule has 1 aliphatic rings. The van der Waals surface area contributed by atoms with E-state index in [9.17, 15) is 0 Å². The van der Waals surface area contributed by atoms with E-state index in [-0.39, 0.29) is 0 Å². The predicted octanol–water partition coefficient (Wildman–Crippen LogP) is 3.26. The molecule has 1 aliphatic carbocycles. The Morgan fingerprint density at radius 2 is 2.11 bits per heavy atom. The van der Waals surface area contributed by atoms with Crippen molar-refractivity contribution in [1.82, 2.24) is 15.2 Å². The van der Waals surface area contributed by atoms with Crippen molar-refractivity contribution < 1.29 is 0 Å². The summed E-state index contributed by atoms with van der Waals surface area (Å²) in [6.07, 6.45) is 7.21. The van der Waals surface area contributed by atoms with Crippen LogP contribution >= 0.6 is 0 Å². The molecule has 2 heterocycles. The second-order valence-corrected chi connectivity index (χ2v) is 5.41. The highest BCUT2D eigenvalue weighted by Gasteiger charge is 2.22. The molecule has 18 heavy (non-hydrogen) atoms. The molecule has 0 aromatic carbocycles. The van der Waals surface area contributed by atoms with Gasteiger partial charge >= 0.3 is 0 Å². The molecule has 2 atom stereocenters. The van der Waals surface area contributed by atoms with Crippen molar-refractivity contribution >= 4 is 16.7 Å². The quantitative estimate of drug-likeness (QED) is 0.852. The molecule has 1 saturated carbocycles. The van der Waals surface area contributed by atoms with Crippen LogP contribution in [0.25, 0.3) is 11.0 Å².